The number of benzene rings is 2. The third kappa shape index (κ3) is 6.58. The lowest BCUT2D eigenvalue weighted by Gasteiger charge is -2.19. The van der Waals surface area contributed by atoms with E-state index in [4.69, 9.17) is 4.74 Å². The Morgan fingerprint density at radius 3 is 2.61 bits per heavy atom. The summed E-state index contributed by atoms with van der Waals surface area (Å²) < 4.78 is 5.74. The fourth-order valence-electron chi connectivity index (χ4n) is 3.14. The Labute approximate surface area is 195 Å². The van der Waals surface area contributed by atoms with E-state index in [1.54, 1.807) is 23.7 Å². The highest BCUT2D eigenvalue weighted by Gasteiger charge is 2.22. The van der Waals surface area contributed by atoms with Gasteiger partial charge in [-0.15, -0.1) is 11.3 Å². The smallest absolute Gasteiger partial charge is 0.249 e. The van der Waals surface area contributed by atoms with Gasteiger partial charge in [-0.05, 0) is 29.8 Å². The summed E-state index contributed by atoms with van der Waals surface area (Å²) in [5, 5.41) is 8.44. The van der Waals surface area contributed by atoms with Gasteiger partial charge in [0.25, 0.3) is 0 Å². The third-order valence-electron chi connectivity index (χ3n) is 4.79. The van der Waals surface area contributed by atoms with Crippen LogP contribution in [0.2, 0.25) is 0 Å². The molecule has 0 saturated heterocycles. The van der Waals surface area contributed by atoms with Crippen molar-refractivity contribution in [3.63, 3.8) is 0 Å². The van der Waals surface area contributed by atoms with E-state index < -0.39 is 6.04 Å². The molecule has 168 valence electrons. The second-order valence-corrected chi connectivity index (χ2v) is 8.17. The van der Waals surface area contributed by atoms with Crippen molar-refractivity contribution in [3.8, 4) is 10.6 Å². The summed E-state index contributed by atoms with van der Waals surface area (Å²) in [6.45, 7) is 0.371. The van der Waals surface area contributed by atoms with Crippen LogP contribution in [0.25, 0.3) is 10.6 Å². The summed E-state index contributed by atoms with van der Waals surface area (Å²) in [5.41, 5.74) is 3.24. The fraction of sp³-hybridized carbons (Fsp3) is 0.167. The van der Waals surface area contributed by atoms with Gasteiger partial charge in [-0.3, -0.25) is 9.59 Å². The molecule has 0 spiro atoms. The number of H-pyrrole nitrogens is 1. The Morgan fingerprint density at radius 1 is 1.09 bits per heavy atom. The monoisotopic (exact) mass is 461 g/mol. The summed E-state index contributed by atoms with van der Waals surface area (Å²) >= 11 is 1.55. The first-order valence-corrected chi connectivity index (χ1v) is 11.2. The predicted octanol–water partition coefficient (Wildman–Crippen LogP) is 3.42. The molecule has 2 heterocycles. The zero-order valence-electron chi connectivity index (χ0n) is 17.7. The normalized spacial score (nSPS) is 11.6. The van der Waals surface area contributed by atoms with Crippen molar-refractivity contribution < 1.29 is 14.3 Å². The molecule has 0 aliphatic heterocycles. The number of aromatic amines is 1. The van der Waals surface area contributed by atoms with Crippen LogP contribution in [0.3, 0.4) is 0 Å². The largest absolute Gasteiger partial charge is 0.374 e. The lowest BCUT2D eigenvalue weighted by Crippen LogP contribution is -2.47. The minimum atomic E-state index is -0.859. The second kappa shape index (κ2) is 11.2. The van der Waals surface area contributed by atoms with E-state index in [0.29, 0.717) is 18.0 Å². The van der Waals surface area contributed by atoms with E-state index in [1.165, 1.54) is 6.33 Å². The maximum absolute atomic E-state index is 13.0. The van der Waals surface area contributed by atoms with Crippen molar-refractivity contribution in [2.24, 2.45) is 0 Å². The number of aromatic nitrogens is 3. The average molecular weight is 462 g/mol. The van der Waals surface area contributed by atoms with Gasteiger partial charge in [-0.25, -0.2) is 9.97 Å². The van der Waals surface area contributed by atoms with Crippen LogP contribution >= 0.6 is 11.3 Å². The minimum absolute atomic E-state index is 0.0344. The molecule has 2 aromatic carbocycles. The molecule has 33 heavy (non-hydrogen) atoms. The van der Waals surface area contributed by atoms with Crippen molar-refractivity contribution in [1.29, 1.82) is 0 Å². The highest BCUT2D eigenvalue weighted by atomic mass is 32.1. The highest BCUT2D eigenvalue weighted by Crippen LogP contribution is 2.23. The van der Waals surface area contributed by atoms with Crippen LogP contribution in [0.15, 0.2) is 78.7 Å². The quantitative estimate of drug-likeness (QED) is 0.335. The van der Waals surface area contributed by atoms with Crippen molar-refractivity contribution in [1.82, 2.24) is 20.3 Å². The number of imidazole rings is 1. The Bertz CT molecular complexity index is 1150. The summed E-state index contributed by atoms with van der Waals surface area (Å²) in [6.07, 6.45) is 4.92. The number of carbonyl (C=O) groups is 2. The lowest BCUT2D eigenvalue weighted by atomic mass is 10.2. The summed E-state index contributed by atoms with van der Waals surface area (Å²) in [7, 11) is 0. The molecule has 0 bridgehead atoms. The van der Waals surface area contributed by atoms with Gasteiger partial charge in [0.2, 0.25) is 11.8 Å². The van der Waals surface area contributed by atoms with E-state index in [-0.39, 0.29) is 24.8 Å². The van der Waals surface area contributed by atoms with E-state index in [1.807, 2.05) is 60.0 Å². The van der Waals surface area contributed by atoms with Gasteiger partial charge in [0.15, 0.2) is 0 Å². The van der Waals surface area contributed by atoms with Crippen molar-refractivity contribution >= 4 is 28.8 Å². The molecular formula is C24H23N5O3S. The maximum atomic E-state index is 13.0. The molecule has 1 unspecified atom stereocenters. The Morgan fingerprint density at radius 2 is 1.91 bits per heavy atom. The zero-order chi connectivity index (χ0) is 22.9. The molecule has 0 aliphatic carbocycles. The first-order chi connectivity index (χ1) is 16.2. The first kappa shape index (κ1) is 22.4. The van der Waals surface area contributed by atoms with Gasteiger partial charge in [-0.2, -0.15) is 0 Å². The Balaban J connectivity index is 1.39. The Kier molecular flexibility index (Phi) is 7.57. The average Bonchev–Trinajstić information content (AvgIpc) is 3.54. The number of nitrogens with one attached hydrogen (secondary N) is 3. The molecule has 0 aliphatic rings. The summed E-state index contributed by atoms with van der Waals surface area (Å²) in [4.78, 5) is 36.5. The number of thiazole rings is 1. The van der Waals surface area contributed by atoms with Crippen LogP contribution in [-0.2, 0) is 27.4 Å². The van der Waals surface area contributed by atoms with Crippen LogP contribution in [0.5, 0.6) is 0 Å². The highest BCUT2D eigenvalue weighted by molar-refractivity contribution is 7.13. The molecule has 0 radical (unpaired) electrons. The third-order valence-corrected chi connectivity index (χ3v) is 5.61. The SMILES string of the molecule is O=C(Cc1cnc[nH]1)NC(COCc1ccccc1)C(=O)Nc1ccc(-c2nccs2)cc1. The topological polar surface area (TPSA) is 109 Å². The van der Waals surface area contributed by atoms with Crippen LogP contribution in [0.4, 0.5) is 5.69 Å². The summed E-state index contributed by atoms with van der Waals surface area (Å²) in [5.74, 6) is -0.662. The van der Waals surface area contributed by atoms with Crippen molar-refractivity contribution in [2.45, 2.75) is 19.1 Å². The van der Waals surface area contributed by atoms with E-state index in [0.717, 1.165) is 16.1 Å². The first-order valence-electron chi connectivity index (χ1n) is 10.4. The van der Waals surface area contributed by atoms with Crippen LogP contribution in [0, 0.1) is 0 Å². The molecule has 2 aromatic heterocycles. The number of nitrogens with zero attached hydrogens (tertiary/aromatic N) is 2. The Hall–Kier alpha value is -3.82. The molecule has 0 fully saturated rings. The number of rotatable bonds is 10. The molecule has 4 aromatic rings. The molecular weight excluding hydrogens is 438 g/mol. The molecule has 0 saturated carbocycles. The second-order valence-electron chi connectivity index (χ2n) is 7.28. The molecule has 4 rings (SSSR count). The maximum Gasteiger partial charge on any atom is 0.249 e. The van der Waals surface area contributed by atoms with E-state index in [2.05, 4.69) is 25.6 Å². The molecule has 8 nitrogen and oxygen atoms in total. The van der Waals surface area contributed by atoms with Crippen LogP contribution in [0.1, 0.15) is 11.3 Å². The van der Waals surface area contributed by atoms with Crippen LogP contribution < -0.4 is 10.6 Å². The minimum Gasteiger partial charge on any atom is -0.374 e. The van der Waals surface area contributed by atoms with Gasteiger partial charge < -0.3 is 20.4 Å². The van der Waals surface area contributed by atoms with Gasteiger partial charge in [-0.1, -0.05) is 30.3 Å². The number of carbonyl (C=O) groups excluding carboxylic acids is 2. The number of amides is 2. The predicted molar refractivity (Wildman–Crippen MR) is 127 cm³/mol. The number of ether oxygens (including phenoxy) is 1. The number of hydrogen-bond donors (Lipinski definition) is 3. The standard InChI is InChI=1S/C24H23N5O3S/c30-22(12-20-13-25-16-27-20)29-21(15-32-14-17-4-2-1-3-5-17)23(31)28-19-8-6-18(7-9-19)24-26-10-11-33-24/h1-11,13,16,21H,12,14-15H2,(H,25,27)(H,28,31)(H,29,30). The van der Waals surface area contributed by atoms with Crippen molar-refractivity contribution in [3.05, 3.63) is 90.0 Å². The van der Waals surface area contributed by atoms with Gasteiger partial charge >= 0.3 is 0 Å². The van der Waals surface area contributed by atoms with E-state index >= 15 is 0 Å². The molecule has 2 amide bonds. The molecule has 9 heteroatoms. The number of anilines is 1. The van der Waals surface area contributed by atoms with Crippen LogP contribution in [-0.4, -0.2) is 39.4 Å². The van der Waals surface area contributed by atoms with Gasteiger partial charge in [0, 0.05) is 34.7 Å². The number of hydrogen-bond acceptors (Lipinski definition) is 6. The fourth-order valence-corrected chi connectivity index (χ4v) is 3.79. The molecule has 3 N–H and O–H groups in total. The zero-order valence-corrected chi connectivity index (χ0v) is 18.5. The van der Waals surface area contributed by atoms with Crippen molar-refractivity contribution in [2.75, 3.05) is 11.9 Å². The molecule has 1 atom stereocenters. The van der Waals surface area contributed by atoms with Gasteiger partial charge in [0.1, 0.15) is 11.0 Å². The lowest BCUT2D eigenvalue weighted by molar-refractivity contribution is -0.127. The summed E-state index contributed by atoms with van der Waals surface area (Å²) in [6, 6.07) is 16.2. The van der Waals surface area contributed by atoms with E-state index in [9.17, 15) is 9.59 Å². The van der Waals surface area contributed by atoms with Gasteiger partial charge in [0.05, 0.1) is 26.0 Å².